The first-order valence-corrected chi connectivity index (χ1v) is 5.83. The molecule has 3 heteroatoms. The molecule has 0 atom stereocenters. The van der Waals surface area contributed by atoms with Crippen molar-refractivity contribution in [3.8, 4) is 0 Å². The summed E-state index contributed by atoms with van der Waals surface area (Å²) in [4.78, 5) is 6.86. The van der Waals surface area contributed by atoms with Crippen LogP contribution in [0.2, 0.25) is 0 Å². The molecule has 0 fully saturated rings. The molecule has 2 rings (SSSR count). The molecule has 0 aliphatic carbocycles. The molecule has 2 N–H and O–H groups in total. The average molecular weight is 217 g/mol. The summed E-state index contributed by atoms with van der Waals surface area (Å²) >= 11 is 0. The highest BCUT2D eigenvalue weighted by Gasteiger charge is 2.20. The number of nitrogens with zero attached hydrogens (tertiary/aromatic N) is 2. The van der Waals surface area contributed by atoms with Gasteiger partial charge >= 0.3 is 0 Å². The molecule has 1 heterocycles. The molecule has 0 radical (unpaired) electrons. The first kappa shape index (κ1) is 11.1. The maximum absolute atomic E-state index is 5.66. The van der Waals surface area contributed by atoms with E-state index in [1.807, 2.05) is 0 Å². The first-order chi connectivity index (χ1) is 7.72. The van der Waals surface area contributed by atoms with Gasteiger partial charge in [-0.15, -0.1) is 0 Å². The second kappa shape index (κ2) is 4.66. The topological polar surface area (TPSA) is 41.6 Å². The number of hydrogen-bond acceptors (Lipinski definition) is 3. The van der Waals surface area contributed by atoms with Gasteiger partial charge in [0.05, 0.1) is 6.54 Å². The first-order valence-electron chi connectivity index (χ1n) is 5.83. The monoisotopic (exact) mass is 217 g/mol. The maximum Gasteiger partial charge on any atom is 0.106 e. The molecule has 0 spiro atoms. The van der Waals surface area contributed by atoms with Crippen LogP contribution in [0.1, 0.15) is 19.4 Å². The zero-order valence-corrected chi connectivity index (χ0v) is 9.98. The molecule has 1 aromatic rings. The Morgan fingerprint density at radius 3 is 2.94 bits per heavy atom. The van der Waals surface area contributed by atoms with E-state index in [1.165, 1.54) is 17.1 Å². The van der Waals surface area contributed by atoms with Crippen molar-refractivity contribution in [2.24, 2.45) is 16.6 Å². The van der Waals surface area contributed by atoms with Gasteiger partial charge in [0.15, 0.2) is 0 Å². The molecule has 3 nitrogen and oxygen atoms in total. The zero-order valence-electron chi connectivity index (χ0n) is 9.98. The van der Waals surface area contributed by atoms with Crippen molar-refractivity contribution in [2.45, 2.75) is 20.4 Å². The number of nitrogens with two attached hydrogens (primary N) is 1. The van der Waals surface area contributed by atoms with Crippen LogP contribution in [0.5, 0.6) is 0 Å². The van der Waals surface area contributed by atoms with Gasteiger partial charge in [0.25, 0.3) is 0 Å². The lowest BCUT2D eigenvalue weighted by Gasteiger charge is -2.23. The van der Waals surface area contributed by atoms with Crippen LogP contribution in [0.25, 0.3) is 0 Å². The highest BCUT2D eigenvalue weighted by Crippen LogP contribution is 2.21. The van der Waals surface area contributed by atoms with Crippen molar-refractivity contribution in [3.63, 3.8) is 0 Å². The standard InChI is InChI=1S/C13H19N3/c1-10(2)13-15-6-7-16(13)12-5-3-4-11(8-12)9-14/h3-5,8,10H,6-7,9,14H2,1-2H3. The fraction of sp³-hybridized carbons (Fsp3) is 0.462. The molecule has 0 saturated carbocycles. The highest BCUT2D eigenvalue weighted by molar-refractivity contribution is 6.00. The smallest absolute Gasteiger partial charge is 0.106 e. The van der Waals surface area contributed by atoms with E-state index in [1.54, 1.807) is 0 Å². The Morgan fingerprint density at radius 2 is 2.25 bits per heavy atom. The summed E-state index contributed by atoms with van der Waals surface area (Å²) in [5.41, 5.74) is 8.05. The molecule has 0 saturated heterocycles. The van der Waals surface area contributed by atoms with Crippen LogP contribution >= 0.6 is 0 Å². The summed E-state index contributed by atoms with van der Waals surface area (Å²) in [5.74, 6) is 1.67. The Balaban J connectivity index is 2.27. The van der Waals surface area contributed by atoms with Crippen LogP contribution in [0, 0.1) is 5.92 Å². The van der Waals surface area contributed by atoms with E-state index in [0.29, 0.717) is 12.5 Å². The second-order valence-corrected chi connectivity index (χ2v) is 4.42. The zero-order chi connectivity index (χ0) is 11.5. The quantitative estimate of drug-likeness (QED) is 0.841. The Kier molecular flexibility index (Phi) is 3.25. The minimum absolute atomic E-state index is 0.476. The SMILES string of the molecule is CC(C)C1=NCCN1c1cccc(CN)c1. The van der Waals surface area contributed by atoms with Gasteiger partial charge in [-0.25, -0.2) is 0 Å². The Labute approximate surface area is 97.0 Å². The van der Waals surface area contributed by atoms with E-state index < -0.39 is 0 Å². The van der Waals surface area contributed by atoms with Crippen molar-refractivity contribution in [3.05, 3.63) is 29.8 Å². The maximum atomic E-state index is 5.66. The predicted octanol–water partition coefficient (Wildman–Crippen LogP) is 2.02. The number of anilines is 1. The molecule has 1 aromatic carbocycles. The van der Waals surface area contributed by atoms with E-state index in [2.05, 4.69) is 48.0 Å². The highest BCUT2D eigenvalue weighted by atomic mass is 15.2. The fourth-order valence-electron chi connectivity index (χ4n) is 2.07. The summed E-state index contributed by atoms with van der Waals surface area (Å²) < 4.78 is 0. The van der Waals surface area contributed by atoms with Gasteiger partial charge in [-0.05, 0) is 17.7 Å². The van der Waals surface area contributed by atoms with Crippen LogP contribution in [0.15, 0.2) is 29.3 Å². The lowest BCUT2D eigenvalue weighted by Crippen LogP contribution is -2.31. The summed E-state index contributed by atoms with van der Waals surface area (Å²) in [6, 6.07) is 8.41. The van der Waals surface area contributed by atoms with Crippen molar-refractivity contribution in [1.82, 2.24) is 0 Å². The Hall–Kier alpha value is -1.35. The van der Waals surface area contributed by atoms with Crippen molar-refractivity contribution < 1.29 is 0 Å². The second-order valence-electron chi connectivity index (χ2n) is 4.42. The Morgan fingerprint density at radius 1 is 1.44 bits per heavy atom. The summed E-state index contributed by atoms with van der Waals surface area (Å²) in [6.07, 6.45) is 0. The van der Waals surface area contributed by atoms with Gasteiger partial charge < -0.3 is 10.6 Å². The van der Waals surface area contributed by atoms with E-state index in [-0.39, 0.29) is 0 Å². The van der Waals surface area contributed by atoms with Crippen molar-refractivity contribution >= 4 is 11.5 Å². The van der Waals surface area contributed by atoms with Crippen LogP contribution in [-0.4, -0.2) is 18.9 Å². The number of benzene rings is 1. The van der Waals surface area contributed by atoms with Gasteiger partial charge in [0, 0.05) is 24.7 Å². The van der Waals surface area contributed by atoms with E-state index >= 15 is 0 Å². The van der Waals surface area contributed by atoms with Crippen molar-refractivity contribution in [2.75, 3.05) is 18.0 Å². The summed E-state index contributed by atoms with van der Waals surface area (Å²) in [6.45, 7) is 6.85. The Bertz CT molecular complexity index is 396. The van der Waals surface area contributed by atoms with E-state index in [0.717, 1.165) is 13.1 Å². The number of rotatable bonds is 3. The molecular formula is C13H19N3. The predicted molar refractivity (Wildman–Crippen MR) is 68.8 cm³/mol. The van der Waals surface area contributed by atoms with Gasteiger partial charge in [-0.3, -0.25) is 4.99 Å². The number of hydrogen-bond donors (Lipinski definition) is 1. The summed E-state index contributed by atoms with van der Waals surface area (Å²) in [5, 5.41) is 0. The molecule has 0 amide bonds. The summed E-state index contributed by atoms with van der Waals surface area (Å²) in [7, 11) is 0. The number of aliphatic imine (C=N–C) groups is 1. The minimum Gasteiger partial charge on any atom is -0.328 e. The van der Waals surface area contributed by atoms with E-state index in [9.17, 15) is 0 Å². The lowest BCUT2D eigenvalue weighted by molar-refractivity contribution is 0.864. The molecule has 86 valence electrons. The van der Waals surface area contributed by atoms with E-state index in [4.69, 9.17) is 5.73 Å². The van der Waals surface area contributed by atoms with Crippen LogP contribution in [-0.2, 0) is 6.54 Å². The van der Waals surface area contributed by atoms with Gasteiger partial charge in [-0.2, -0.15) is 0 Å². The third-order valence-corrected chi connectivity index (χ3v) is 2.85. The van der Waals surface area contributed by atoms with Gasteiger partial charge in [-0.1, -0.05) is 26.0 Å². The van der Waals surface area contributed by atoms with Crippen molar-refractivity contribution in [1.29, 1.82) is 0 Å². The average Bonchev–Trinajstić information content (AvgIpc) is 2.78. The lowest BCUT2D eigenvalue weighted by atomic mass is 10.1. The molecule has 16 heavy (non-hydrogen) atoms. The largest absolute Gasteiger partial charge is 0.328 e. The molecule has 1 aliphatic heterocycles. The molecule has 0 unspecified atom stereocenters. The minimum atomic E-state index is 0.476. The van der Waals surface area contributed by atoms with Gasteiger partial charge in [0.1, 0.15) is 5.84 Å². The molecule has 0 bridgehead atoms. The normalized spacial score (nSPS) is 15.8. The molecule has 0 aromatic heterocycles. The van der Waals surface area contributed by atoms with Crippen LogP contribution in [0.3, 0.4) is 0 Å². The molecular weight excluding hydrogens is 198 g/mol. The number of amidine groups is 1. The molecule has 1 aliphatic rings. The van der Waals surface area contributed by atoms with Crippen LogP contribution in [0.4, 0.5) is 5.69 Å². The third-order valence-electron chi connectivity index (χ3n) is 2.85. The van der Waals surface area contributed by atoms with Gasteiger partial charge in [0.2, 0.25) is 0 Å². The fourth-order valence-corrected chi connectivity index (χ4v) is 2.07. The third kappa shape index (κ3) is 2.09. The van der Waals surface area contributed by atoms with Crippen LogP contribution < -0.4 is 10.6 Å².